The van der Waals surface area contributed by atoms with E-state index in [-0.39, 0.29) is 0 Å². The van der Waals surface area contributed by atoms with E-state index in [1.54, 1.807) is 7.11 Å². The first-order valence-corrected chi connectivity index (χ1v) is 5.76. The van der Waals surface area contributed by atoms with E-state index in [4.69, 9.17) is 10.1 Å². The van der Waals surface area contributed by atoms with Crippen molar-refractivity contribution in [1.29, 1.82) is 5.41 Å². The zero-order valence-corrected chi connectivity index (χ0v) is 10.5. The molecule has 3 nitrogen and oxygen atoms in total. The number of benzene rings is 2. The number of rotatable bonds is 3. The fourth-order valence-electron chi connectivity index (χ4n) is 1.70. The summed E-state index contributed by atoms with van der Waals surface area (Å²) in [6, 6.07) is 15.4. The fourth-order valence-corrected chi connectivity index (χ4v) is 1.70. The number of hydrogen-bond donors (Lipinski definition) is 2. The summed E-state index contributed by atoms with van der Waals surface area (Å²) in [4.78, 5) is 0. The number of para-hydroxylation sites is 1. The molecule has 92 valence electrons. The molecule has 0 amide bonds. The number of aryl methyl sites for hydroxylation is 1. The maximum absolute atomic E-state index is 8.07. The largest absolute Gasteiger partial charge is 0.497 e. The molecule has 2 aromatic carbocycles. The summed E-state index contributed by atoms with van der Waals surface area (Å²) in [6.45, 7) is 2.02. The maximum atomic E-state index is 8.07. The predicted molar refractivity (Wildman–Crippen MR) is 74.6 cm³/mol. The van der Waals surface area contributed by atoms with Gasteiger partial charge >= 0.3 is 0 Å². The minimum Gasteiger partial charge on any atom is -0.497 e. The van der Waals surface area contributed by atoms with Crippen molar-refractivity contribution in [3.63, 3.8) is 0 Å². The van der Waals surface area contributed by atoms with Crippen LogP contribution in [0.5, 0.6) is 5.75 Å². The molecule has 2 rings (SSSR count). The van der Waals surface area contributed by atoms with Crippen LogP contribution < -0.4 is 10.1 Å². The van der Waals surface area contributed by atoms with Crippen LogP contribution in [0.3, 0.4) is 0 Å². The molecule has 18 heavy (non-hydrogen) atoms. The van der Waals surface area contributed by atoms with Crippen LogP contribution in [0.4, 0.5) is 5.69 Å². The van der Waals surface area contributed by atoms with E-state index in [0.29, 0.717) is 5.84 Å². The Kier molecular flexibility index (Phi) is 3.63. The number of amidine groups is 1. The maximum Gasteiger partial charge on any atom is 0.130 e. The Labute approximate surface area is 107 Å². The molecule has 0 aliphatic carbocycles. The van der Waals surface area contributed by atoms with Crippen molar-refractivity contribution in [2.24, 2.45) is 0 Å². The normalized spacial score (nSPS) is 9.89. The fraction of sp³-hybridized carbons (Fsp3) is 0.133. The van der Waals surface area contributed by atoms with Crippen LogP contribution in [-0.2, 0) is 0 Å². The van der Waals surface area contributed by atoms with E-state index in [1.165, 1.54) is 0 Å². The summed E-state index contributed by atoms with van der Waals surface area (Å²) in [5.74, 6) is 1.12. The summed E-state index contributed by atoms with van der Waals surface area (Å²) in [5.41, 5.74) is 2.87. The number of methoxy groups -OCH3 is 1. The smallest absolute Gasteiger partial charge is 0.130 e. The van der Waals surface area contributed by atoms with Gasteiger partial charge in [-0.25, -0.2) is 0 Å². The van der Waals surface area contributed by atoms with Gasteiger partial charge in [0.25, 0.3) is 0 Å². The minimum absolute atomic E-state index is 0.364. The second-order valence-corrected chi connectivity index (χ2v) is 4.05. The molecule has 0 saturated carbocycles. The van der Waals surface area contributed by atoms with Crippen molar-refractivity contribution in [3.8, 4) is 5.75 Å². The van der Waals surface area contributed by atoms with Crippen LogP contribution in [-0.4, -0.2) is 12.9 Å². The molecule has 0 fully saturated rings. The van der Waals surface area contributed by atoms with Crippen LogP contribution in [0.25, 0.3) is 0 Å². The van der Waals surface area contributed by atoms with Crippen LogP contribution in [0.2, 0.25) is 0 Å². The number of ether oxygens (including phenoxy) is 1. The van der Waals surface area contributed by atoms with E-state index in [2.05, 4.69) is 5.32 Å². The zero-order chi connectivity index (χ0) is 13.0. The molecule has 0 unspecified atom stereocenters. The summed E-state index contributed by atoms with van der Waals surface area (Å²) in [5, 5.41) is 11.2. The van der Waals surface area contributed by atoms with Crippen LogP contribution in [0.15, 0.2) is 48.5 Å². The molecular weight excluding hydrogens is 224 g/mol. The van der Waals surface area contributed by atoms with E-state index in [1.807, 2.05) is 55.5 Å². The third-order valence-corrected chi connectivity index (χ3v) is 2.76. The quantitative estimate of drug-likeness (QED) is 0.637. The lowest BCUT2D eigenvalue weighted by molar-refractivity contribution is 0.414. The standard InChI is InChI=1S/C15H16N2O/c1-11-6-3-4-9-14(11)17-15(16)12-7-5-8-13(10-12)18-2/h3-10H,1-2H3,(H2,16,17). The van der Waals surface area contributed by atoms with Gasteiger partial charge in [-0.2, -0.15) is 0 Å². The molecule has 0 atom stereocenters. The lowest BCUT2D eigenvalue weighted by Crippen LogP contribution is -2.12. The van der Waals surface area contributed by atoms with Gasteiger partial charge in [0.1, 0.15) is 11.6 Å². The molecule has 0 radical (unpaired) electrons. The molecule has 0 aromatic heterocycles. The Morgan fingerprint density at radius 3 is 2.61 bits per heavy atom. The Morgan fingerprint density at radius 2 is 1.89 bits per heavy atom. The second kappa shape index (κ2) is 5.36. The molecule has 0 aliphatic heterocycles. The number of hydrogen-bond acceptors (Lipinski definition) is 2. The minimum atomic E-state index is 0.364. The average molecular weight is 240 g/mol. The van der Waals surface area contributed by atoms with Gasteiger partial charge in [0, 0.05) is 11.3 Å². The van der Waals surface area contributed by atoms with Crippen molar-refractivity contribution < 1.29 is 4.74 Å². The molecule has 0 heterocycles. The van der Waals surface area contributed by atoms with Gasteiger partial charge < -0.3 is 10.1 Å². The Morgan fingerprint density at radius 1 is 1.11 bits per heavy atom. The second-order valence-electron chi connectivity index (χ2n) is 4.05. The van der Waals surface area contributed by atoms with Crippen LogP contribution in [0, 0.1) is 12.3 Å². The highest BCUT2D eigenvalue weighted by atomic mass is 16.5. The summed E-state index contributed by atoms with van der Waals surface area (Å²) in [7, 11) is 1.62. The number of anilines is 1. The lowest BCUT2D eigenvalue weighted by atomic mass is 10.1. The highest BCUT2D eigenvalue weighted by molar-refractivity contribution is 6.06. The predicted octanol–water partition coefficient (Wildman–Crippen LogP) is 3.44. The third kappa shape index (κ3) is 2.69. The van der Waals surface area contributed by atoms with Crippen molar-refractivity contribution in [2.75, 3.05) is 12.4 Å². The van der Waals surface area contributed by atoms with Crippen molar-refractivity contribution in [1.82, 2.24) is 0 Å². The average Bonchev–Trinajstić information content (AvgIpc) is 2.41. The topological polar surface area (TPSA) is 45.1 Å². The van der Waals surface area contributed by atoms with Crippen molar-refractivity contribution in [3.05, 3.63) is 59.7 Å². The molecule has 0 bridgehead atoms. The van der Waals surface area contributed by atoms with E-state index in [0.717, 1.165) is 22.6 Å². The van der Waals surface area contributed by atoms with Gasteiger partial charge in [-0.1, -0.05) is 30.3 Å². The lowest BCUT2D eigenvalue weighted by Gasteiger charge is -2.11. The number of nitrogens with one attached hydrogen (secondary N) is 2. The van der Waals surface area contributed by atoms with E-state index in [9.17, 15) is 0 Å². The molecule has 0 spiro atoms. The van der Waals surface area contributed by atoms with Crippen LogP contribution in [0.1, 0.15) is 11.1 Å². The summed E-state index contributed by atoms with van der Waals surface area (Å²) < 4.78 is 5.15. The van der Waals surface area contributed by atoms with Gasteiger partial charge in [0.2, 0.25) is 0 Å². The van der Waals surface area contributed by atoms with Gasteiger partial charge in [-0.15, -0.1) is 0 Å². The molecule has 0 saturated heterocycles. The van der Waals surface area contributed by atoms with E-state index >= 15 is 0 Å². The summed E-state index contributed by atoms with van der Waals surface area (Å²) in [6.07, 6.45) is 0. The van der Waals surface area contributed by atoms with E-state index < -0.39 is 0 Å². The van der Waals surface area contributed by atoms with Crippen molar-refractivity contribution in [2.45, 2.75) is 6.92 Å². The Balaban J connectivity index is 2.19. The van der Waals surface area contributed by atoms with Crippen molar-refractivity contribution >= 4 is 11.5 Å². The molecule has 3 heteroatoms. The first kappa shape index (κ1) is 12.2. The molecular formula is C15H16N2O. The monoisotopic (exact) mass is 240 g/mol. The summed E-state index contributed by atoms with van der Waals surface area (Å²) >= 11 is 0. The first-order valence-electron chi connectivity index (χ1n) is 5.76. The van der Waals surface area contributed by atoms with Gasteiger partial charge in [-0.3, -0.25) is 5.41 Å². The van der Waals surface area contributed by atoms with Gasteiger partial charge in [-0.05, 0) is 30.7 Å². The van der Waals surface area contributed by atoms with Gasteiger partial charge in [0.05, 0.1) is 7.11 Å². The van der Waals surface area contributed by atoms with Gasteiger partial charge in [0.15, 0.2) is 0 Å². The highest BCUT2D eigenvalue weighted by Crippen LogP contribution is 2.17. The molecule has 0 aliphatic rings. The zero-order valence-electron chi connectivity index (χ0n) is 10.5. The molecule has 2 N–H and O–H groups in total. The SMILES string of the molecule is COc1cccc(C(=N)Nc2ccccc2C)c1. The molecule has 2 aromatic rings. The highest BCUT2D eigenvalue weighted by Gasteiger charge is 2.04. The Hall–Kier alpha value is -2.29. The third-order valence-electron chi connectivity index (χ3n) is 2.76. The first-order chi connectivity index (χ1) is 8.70. The van der Waals surface area contributed by atoms with Crippen LogP contribution >= 0.6 is 0 Å². The Bertz CT molecular complexity index is 564.